The van der Waals surface area contributed by atoms with E-state index in [0.29, 0.717) is 13.0 Å². The number of fused-ring (bicyclic) bond motifs is 1. The van der Waals surface area contributed by atoms with Crippen LogP contribution in [0.5, 0.6) is 0 Å². The quantitative estimate of drug-likeness (QED) is 0.259. The third-order valence-electron chi connectivity index (χ3n) is 7.13. The number of aromatic nitrogens is 1. The van der Waals surface area contributed by atoms with E-state index < -0.39 is 6.23 Å². The van der Waals surface area contributed by atoms with Gasteiger partial charge in [0.15, 0.2) is 0 Å². The summed E-state index contributed by atoms with van der Waals surface area (Å²) in [4.78, 5) is 18.5. The number of furan rings is 1. The number of anilines is 1. The van der Waals surface area contributed by atoms with Crippen LogP contribution in [0, 0.1) is 0 Å². The van der Waals surface area contributed by atoms with Crippen LogP contribution in [0.25, 0.3) is 33.5 Å². The standard InChI is InChI=1S/C31H29N3O3/c35-30(18-21-6-2-1-3-7-21)34-16-4-8-28(34)31(36)32-25-13-10-22(11-14-25)27-20-24-19-23(12-15-26(24)33-27)29-9-5-17-37-29/h1-3,5-7,9-15,17,19-20,28,30,33,35H,4,8,16,18H2,(H,32,36)/t28-,30?/m0/s1. The highest BCUT2D eigenvalue weighted by Crippen LogP contribution is 2.30. The lowest BCUT2D eigenvalue weighted by atomic mass is 10.1. The highest BCUT2D eigenvalue weighted by Gasteiger charge is 2.34. The van der Waals surface area contributed by atoms with Crippen LogP contribution >= 0.6 is 0 Å². The number of likely N-dealkylation sites (tertiary alicyclic amines) is 1. The number of carbonyl (C=O) groups is 1. The van der Waals surface area contributed by atoms with Crippen molar-refractivity contribution in [1.82, 2.24) is 9.88 Å². The summed E-state index contributed by atoms with van der Waals surface area (Å²) in [5, 5.41) is 15.0. The molecule has 2 aromatic heterocycles. The summed E-state index contributed by atoms with van der Waals surface area (Å²) in [5.41, 5.74) is 5.94. The van der Waals surface area contributed by atoms with Crippen LogP contribution in [0.2, 0.25) is 0 Å². The number of aliphatic hydroxyl groups is 1. The maximum absolute atomic E-state index is 13.1. The average Bonchev–Trinajstić information content (AvgIpc) is 3.70. The Labute approximate surface area is 215 Å². The highest BCUT2D eigenvalue weighted by atomic mass is 16.3. The lowest BCUT2D eigenvalue weighted by molar-refractivity contribution is -0.124. The third-order valence-corrected chi connectivity index (χ3v) is 7.13. The van der Waals surface area contributed by atoms with Crippen LogP contribution < -0.4 is 5.32 Å². The predicted octanol–water partition coefficient (Wildman–Crippen LogP) is 6.06. The smallest absolute Gasteiger partial charge is 0.241 e. The molecule has 1 aliphatic rings. The number of amides is 1. The van der Waals surface area contributed by atoms with Crippen LogP contribution in [0.3, 0.4) is 0 Å². The predicted molar refractivity (Wildman–Crippen MR) is 146 cm³/mol. The maximum atomic E-state index is 13.1. The number of carbonyl (C=O) groups excluding carboxylic acids is 1. The molecular weight excluding hydrogens is 462 g/mol. The molecule has 3 aromatic carbocycles. The van der Waals surface area contributed by atoms with Gasteiger partial charge in [0.1, 0.15) is 12.0 Å². The minimum Gasteiger partial charge on any atom is -0.464 e. The number of aliphatic hydroxyl groups excluding tert-OH is 1. The van der Waals surface area contributed by atoms with Crippen molar-refractivity contribution < 1.29 is 14.3 Å². The van der Waals surface area contributed by atoms with Gasteiger partial charge in [-0.2, -0.15) is 0 Å². The van der Waals surface area contributed by atoms with Gasteiger partial charge in [0, 0.05) is 40.8 Å². The van der Waals surface area contributed by atoms with E-state index in [-0.39, 0.29) is 11.9 Å². The van der Waals surface area contributed by atoms with Gasteiger partial charge in [-0.25, -0.2) is 0 Å². The SMILES string of the molecule is O=C(Nc1ccc(-c2cc3cc(-c4ccco4)ccc3[nH]2)cc1)[C@@H]1CCCN1C(O)Cc1ccccc1. The summed E-state index contributed by atoms with van der Waals surface area (Å²) in [6.45, 7) is 0.715. The molecule has 1 amide bonds. The first-order valence-corrected chi connectivity index (χ1v) is 12.7. The number of nitrogens with one attached hydrogen (secondary N) is 2. The topological polar surface area (TPSA) is 81.5 Å². The Morgan fingerprint density at radius 3 is 2.59 bits per heavy atom. The Morgan fingerprint density at radius 1 is 1.00 bits per heavy atom. The van der Waals surface area contributed by atoms with E-state index in [9.17, 15) is 9.90 Å². The van der Waals surface area contributed by atoms with Crippen molar-refractivity contribution in [3.8, 4) is 22.6 Å². The fourth-order valence-electron chi connectivity index (χ4n) is 5.21. The van der Waals surface area contributed by atoms with Crippen molar-refractivity contribution in [2.45, 2.75) is 31.5 Å². The van der Waals surface area contributed by atoms with E-state index in [1.807, 2.05) is 77.7 Å². The van der Waals surface area contributed by atoms with E-state index in [1.165, 1.54) is 0 Å². The zero-order valence-electron chi connectivity index (χ0n) is 20.4. The fraction of sp³-hybridized carbons (Fsp3) is 0.194. The van der Waals surface area contributed by atoms with Crippen molar-refractivity contribution in [2.24, 2.45) is 0 Å². The summed E-state index contributed by atoms with van der Waals surface area (Å²) in [6.07, 6.45) is 3.14. The van der Waals surface area contributed by atoms with Crippen LogP contribution in [0.1, 0.15) is 18.4 Å². The summed E-state index contributed by atoms with van der Waals surface area (Å²) in [6, 6.07) is 29.6. The molecule has 0 radical (unpaired) electrons. The van der Waals surface area contributed by atoms with Gasteiger partial charge in [-0.3, -0.25) is 9.69 Å². The number of rotatable bonds is 7. The van der Waals surface area contributed by atoms with Gasteiger partial charge in [0.05, 0.1) is 12.3 Å². The van der Waals surface area contributed by atoms with Gasteiger partial charge in [0.25, 0.3) is 0 Å². The molecule has 1 aliphatic heterocycles. The van der Waals surface area contributed by atoms with Gasteiger partial charge in [-0.15, -0.1) is 0 Å². The second-order valence-electron chi connectivity index (χ2n) is 9.60. The lowest BCUT2D eigenvalue weighted by Crippen LogP contribution is -2.46. The molecule has 0 spiro atoms. The summed E-state index contributed by atoms with van der Waals surface area (Å²) < 4.78 is 5.53. The Kier molecular flexibility index (Phi) is 6.35. The Balaban J connectivity index is 1.13. The van der Waals surface area contributed by atoms with Crippen molar-refractivity contribution in [3.63, 3.8) is 0 Å². The molecule has 6 heteroatoms. The summed E-state index contributed by atoms with van der Waals surface area (Å²) >= 11 is 0. The minimum atomic E-state index is -0.682. The van der Waals surface area contributed by atoms with Crippen LogP contribution in [0.15, 0.2) is 102 Å². The van der Waals surface area contributed by atoms with Crippen LogP contribution in [-0.2, 0) is 11.2 Å². The molecule has 186 valence electrons. The first kappa shape index (κ1) is 23.3. The number of H-pyrrole nitrogens is 1. The molecule has 3 heterocycles. The molecule has 0 saturated carbocycles. The highest BCUT2D eigenvalue weighted by molar-refractivity contribution is 5.95. The maximum Gasteiger partial charge on any atom is 0.241 e. The van der Waals surface area contributed by atoms with Gasteiger partial charge in [-0.05, 0) is 72.5 Å². The van der Waals surface area contributed by atoms with Crippen molar-refractivity contribution in [1.29, 1.82) is 0 Å². The molecule has 3 N–H and O–H groups in total. The Morgan fingerprint density at radius 2 is 1.81 bits per heavy atom. The average molecular weight is 492 g/mol. The Hall–Kier alpha value is -4.13. The first-order chi connectivity index (χ1) is 18.1. The molecule has 6 nitrogen and oxygen atoms in total. The van der Waals surface area contributed by atoms with Crippen molar-refractivity contribution >= 4 is 22.5 Å². The second-order valence-corrected chi connectivity index (χ2v) is 9.60. The monoisotopic (exact) mass is 491 g/mol. The second kappa shape index (κ2) is 10.1. The zero-order valence-corrected chi connectivity index (χ0v) is 20.4. The van der Waals surface area contributed by atoms with Crippen LogP contribution in [-0.4, -0.2) is 39.7 Å². The van der Waals surface area contributed by atoms with Gasteiger partial charge in [0.2, 0.25) is 5.91 Å². The van der Waals surface area contributed by atoms with Crippen molar-refractivity contribution in [3.05, 3.63) is 103 Å². The van der Waals surface area contributed by atoms with E-state index >= 15 is 0 Å². The van der Waals surface area contributed by atoms with E-state index in [1.54, 1.807) is 6.26 Å². The Bertz CT molecular complexity index is 1490. The third kappa shape index (κ3) is 4.94. The van der Waals surface area contributed by atoms with E-state index in [4.69, 9.17) is 4.42 Å². The molecule has 37 heavy (non-hydrogen) atoms. The molecule has 1 saturated heterocycles. The zero-order chi connectivity index (χ0) is 25.2. The number of hydrogen-bond donors (Lipinski definition) is 3. The van der Waals surface area contributed by atoms with Gasteiger partial charge < -0.3 is 19.8 Å². The molecule has 0 bridgehead atoms. The number of benzene rings is 3. The normalized spacial score (nSPS) is 16.7. The van der Waals surface area contributed by atoms with Gasteiger partial charge in [-0.1, -0.05) is 42.5 Å². The number of hydrogen-bond acceptors (Lipinski definition) is 4. The first-order valence-electron chi connectivity index (χ1n) is 12.7. The molecule has 6 rings (SSSR count). The summed E-state index contributed by atoms with van der Waals surface area (Å²) in [5.74, 6) is 0.770. The number of nitrogens with zero attached hydrogens (tertiary/aromatic N) is 1. The summed E-state index contributed by atoms with van der Waals surface area (Å²) in [7, 11) is 0. The fourth-order valence-corrected chi connectivity index (χ4v) is 5.21. The molecule has 0 aliphatic carbocycles. The lowest BCUT2D eigenvalue weighted by Gasteiger charge is -2.28. The molecule has 2 atom stereocenters. The van der Waals surface area contributed by atoms with Crippen molar-refractivity contribution in [2.75, 3.05) is 11.9 Å². The van der Waals surface area contributed by atoms with E-state index in [2.05, 4.69) is 28.5 Å². The molecular formula is C31H29N3O3. The molecule has 1 fully saturated rings. The largest absolute Gasteiger partial charge is 0.464 e. The van der Waals surface area contributed by atoms with E-state index in [0.717, 1.165) is 57.6 Å². The van der Waals surface area contributed by atoms with Gasteiger partial charge >= 0.3 is 0 Å². The molecule has 1 unspecified atom stereocenters. The van der Waals surface area contributed by atoms with Crippen LogP contribution in [0.4, 0.5) is 5.69 Å². The minimum absolute atomic E-state index is 0.0755. The molecule has 5 aromatic rings. The number of aromatic amines is 1.